The Labute approximate surface area is 170 Å². The lowest BCUT2D eigenvalue weighted by molar-refractivity contribution is 0.101. The maximum atomic E-state index is 13.5. The van der Waals surface area contributed by atoms with Crippen LogP contribution in [0.5, 0.6) is 11.5 Å². The number of Topliss-reactive ketones (excluding diaryl/α,β-unsaturated/α-hetero) is 1. The van der Waals surface area contributed by atoms with Crippen LogP contribution in [0.3, 0.4) is 0 Å². The summed E-state index contributed by atoms with van der Waals surface area (Å²) in [5.41, 5.74) is 1.00. The second kappa shape index (κ2) is 9.52. The summed E-state index contributed by atoms with van der Waals surface area (Å²) < 4.78 is 24.8. The van der Waals surface area contributed by atoms with Crippen LogP contribution in [0.1, 0.15) is 17.3 Å². The predicted molar refractivity (Wildman–Crippen MR) is 109 cm³/mol. The molecule has 0 fully saturated rings. The maximum absolute atomic E-state index is 13.5. The summed E-state index contributed by atoms with van der Waals surface area (Å²) in [7, 11) is 1.44. The van der Waals surface area contributed by atoms with Gasteiger partial charge >= 0.3 is 0 Å². The highest BCUT2D eigenvalue weighted by atomic mass is 32.2. The molecule has 9 heteroatoms. The van der Waals surface area contributed by atoms with Crippen molar-refractivity contribution in [1.29, 1.82) is 0 Å². The van der Waals surface area contributed by atoms with Gasteiger partial charge in [0.25, 0.3) is 0 Å². The molecule has 6 nitrogen and oxygen atoms in total. The van der Waals surface area contributed by atoms with Crippen molar-refractivity contribution in [2.75, 3.05) is 24.8 Å². The van der Waals surface area contributed by atoms with Crippen molar-refractivity contribution >= 4 is 39.7 Å². The van der Waals surface area contributed by atoms with E-state index in [0.717, 1.165) is 11.4 Å². The largest absolute Gasteiger partial charge is 0.496 e. The third-order valence-corrected chi connectivity index (χ3v) is 5.60. The van der Waals surface area contributed by atoms with Crippen LogP contribution in [0.25, 0.3) is 0 Å². The topological polar surface area (TPSA) is 73.3 Å². The Hall–Kier alpha value is -2.65. The summed E-state index contributed by atoms with van der Waals surface area (Å²) in [6.45, 7) is 2.47. The van der Waals surface area contributed by atoms with Crippen molar-refractivity contribution in [3.8, 4) is 11.5 Å². The van der Waals surface area contributed by atoms with Crippen LogP contribution in [0.2, 0.25) is 0 Å². The Bertz CT molecular complexity index is 965. The maximum Gasteiger partial charge on any atom is 0.210 e. The van der Waals surface area contributed by atoms with Gasteiger partial charge in [-0.2, -0.15) is 0 Å². The molecule has 0 radical (unpaired) electrons. The number of ketones is 1. The zero-order chi connectivity index (χ0) is 19.9. The first-order valence-corrected chi connectivity index (χ1v) is 10.2. The molecule has 28 heavy (non-hydrogen) atoms. The van der Waals surface area contributed by atoms with E-state index in [1.807, 2.05) is 31.2 Å². The highest BCUT2D eigenvalue weighted by molar-refractivity contribution is 8.01. The van der Waals surface area contributed by atoms with E-state index in [1.54, 1.807) is 0 Å². The van der Waals surface area contributed by atoms with E-state index < -0.39 is 5.82 Å². The van der Waals surface area contributed by atoms with E-state index in [-0.39, 0.29) is 17.1 Å². The zero-order valence-corrected chi connectivity index (χ0v) is 16.9. The summed E-state index contributed by atoms with van der Waals surface area (Å²) in [4.78, 5) is 12.4. The highest BCUT2D eigenvalue weighted by Crippen LogP contribution is 2.32. The third-order valence-electron chi connectivity index (χ3n) is 3.62. The van der Waals surface area contributed by atoms with E-state index in [9.17, 15) is 9.18 Å². The second-order valence-electron chi connectivity index (χ2n) is 5.48. The van der Waals surface area contributed by atoms with Crippen LogP contribution in [-0.4, -0.2) is 35.5 Å². The van der Waals surface area contributed by atoms with Gasteiger partial charge in [0.1, 0.15) is 17.3 Å². The lowest BCUT2D eigenvalue weighted by Gasteiger charge is -2.09. The summed E-state index contributed by atoms with van der Waals surface area (Å²) in [5.74, 6) is 0.448. The molecule has 1 aromatic heterocycles. The molecule has 0 aliphatic heterocycles. The van der Waals surface area contributed by atoms with E-state index in [4.69, 9.17) is 9.47 Å². The average molecular weight is 420 g/mol. The molecule has 0 amide bonds. The molecule has 2 aromatic carbocycles. The van der Waals surface area contributed by atoms with Crippen molar-refractivity contribution in [3.63, 3.8) is 0 Å². The predicted octanol–water partition coefficient (Wildman–Crippen LogP) is 4.80. The molecule has 0 saturated heterocycles. The Morgan fingerprint density at radius 2 is 2.04 bits per heavy atom. The fraction of sp³-hybridized carbons (Fsp3) is 0.211. The number of hydrogen-bond acceptors (Lipinski definition) is 8. The van der Waals surface area contributed by atoms with Gasteiger partial charge in [0.2, 0.25) is 5.13 Å². The van der Waals surface area contributed by atoms with E-state index >= 15 is 0 Å². The molecule has 0 aliphatic rings. The lowest BCUT2D eigenvalue weighted by atomic mass is 10.1. The van der Waals surface area contributed by atoms with E-state index in [0.29, 0.717) is 21.8 Å². The minimum atomic E-state index is -0.482. The number of hydrogen-bond donors (Lipinski definition) is 1. The third kappa shape index (κ3) is 4.99. The van der Waals surface area contributed by atoms with Crippen molar-refractivity contribution in [3.05, 3.63) is 53.8 Å². The number of methoxy groups -OCH3 is 1. The fourth-order valence-electron chi connectivity index (χ4n) is 2.39. The van der Waals surface area contributed by atoms with Crippen LogP contribution < -0.4 is 14.8 Å². The molecule has 0 saturated carbocycles. The van der Waals surface area contributed by atoms with Crippen LogP contribution in [0, 0.1) is 5.82 Å². The number of thioether (sulfide) groups is 1. The molecule has 3 aromatic rings. The van der Waals surface area contributed by atoms with E-state index in [1.165, 1.54) is 48.4 Å². The summed E-state index contributed by atoms with van der Waals surface area (Å²) in [6, 6.07) is 11.4. The number of benzene rings is 2. The molecule has 0 unspecified atom stereocenters. The first-order valence-electron chi connectivity index (χ1n) is 8.42. The van der Waals surface area contributed by atoms with Crippen LogP contribution in [0.15, 0.2) is 46.8 Å². The van der Waals surface area contributed by atoms with Gasteiger partial charge in [-0.25, -0.2) is 4.39 Å². The van der Waals surface area contributed by atoms with Crippen molar-refractivity contribution in [1.82, 2.24) is 10.2 Å². The quantitative estimate of drug-likeness (QED) is 0.394. The Morgan fingerprint density at radius 3 is 2.82 bits per heavy atom. The molecule has 1 N–H and O–H groups in total. The minimum Gasteiger partial charge on any atom is -0.496 e. The van der Waals surface area contributed by atoms with Gasteiger partial charge in [-0.05, 0) is 37.3 Å². The summed E-state index contributed by atoms with van der Waals surface area (Å²) >= 11 is 2.56. The summed E-state index contributed by atoms with van der Waals surface area (Å²) in [5, 5.41) is 11.9. The number of rotatable bonds is 9. The number of carbonyl (C=O) groups is 1. The number of halogens is 1. The standard InChI is InChI=1S/C19H18FN3O3S2/c1-3-26-17-7-5-4-6-14(17)21-18-22-23-19(28-18)27-11-15(24)13-10-12(20)8-9-16(13)25-2/h4-10H,3,11H2,1-2H3,(H,21,22). The molecule has 0 atom stereocenters. The van der Waals surface area contributed by atoms with Crippen LogP contribution in [0.4, 0.5) is 15.2 Å². The summed E-state index contributed by atoms with van der Waals surface area (Å²) in [6.07, 6.45) is 0. The molecule has 1 heterocycles. The number of carbonyl (C=O) groups excluding carboxylic acids is 1. The number of para-hydroxylation sites is 2. The number of nitrogens with zero attached hydrogens (tertiary/aromatic N) is 2. The minimum absolute atomic E-state index is 0.101. The lowest BCUT2D eigenvalue weighted by Crippen LogP contribution is -2.05. The van der Waals surface area contributed by atoms with Crippen LogP contribution in [-0.2, 0) is 0 Å². The van der Waals surface area contributed by atoms with Crippen molar-refractivity contribution < 1.29 is 18.7 Å². The van der Waals surface area contributed by atoms with Gasteiger partial charge in [0, 0.05) is 0 Å². The molecule has 0 aliphatic carbocycles. The van der Waals surface area contributed by atoms with Crippen molar-refractivity contribution in [2.45, 2.75) is 11.3 Å². The van der Waals surface area contributed by atoms with Gasteiger partial charge in [-0.3, -0.25) is 4.79 Å². The van der Waals surface area contributed by atoms with Gasteiger partial charge in [-0.1, -0.05) is 35.2 Å². The molecular weight excluding hydrogens is 401 g/mol. The van der Waals surface area contributed by atoms with Gasteiger partial charge in [0.05, 0.1) is 30.7 Å². The number of aromatic nitrogens is 2. The van der Waals surface area contributed by atoms with Crippen molar-refractivity contribution in [2.24, 2.45) is 0 Å². The highest BCUT2D eigenvalue weighted by Gasteiger charge is 2.15. The monoisotopic (exact) mass is 419 g/mol. The van der Waals surface area contributed by atoms with Gasteiger partial charge in [0.15, 0.2) is 10.1 Å². The van der Waals surface area contributed by atoms with E-state index in [2.05, 4.69) is 15.5 Å². The number of ether oxygens (including phenoxy) is 2. The fourth-order valence-corrected chi connectivity index (χ4v) is 4.04. The van der Waals surface area contributed by atoms with Crippen LogP contribution >= 0.6 is 23.1 Å². The molecular formula is C19H18FN3O3S2. The SMILES string of the molecule is CCOc1ccccc1Nc1nnc(SCC(=O)c2cc(F)ccc2OC)s1. The Morgan fingerprint density at radius 1 is 1.21 bits per heavy atom. The van der Waals surface area contributed by atoms with Gasteiger partial charge in [-0.15, -0.1) is 10.2 Å². The van der Waals surface area contributed by atoms with Gasteiger partial charge < -0.3 is 14.8 Å². The molecule has 0 bridgehead atoms. The first kappa shape index (κ1) is 20.1. The molecule has 3 rings (SSSR count). The number of anilines is 2. The zero-order valence-electron chi connectivity index (χ0n) is 15.3. The Balaban J connectivity index is 1.64. The number of nitrogens with one attached hydrogen (secondary N) is 1. The second-order valence-corrected chi connectivity index (χ2v) is 7.68. The first-order chi connectivity index (χ1) is 13.6. The molecule has 0 spiro atoms. The molecule has 146 valence electrons. The smallest absolute Gasteiger partial charge is 0.210 e. The Kier molecular flexibility index (Phi) is 6.83. The average Bonchev–Trinajstić information content (AvgIpc) is 3.15. The normalized spacial score (nSPS) is 10.5.